The van der Waals surface area contributed by atoms with Crippen molar-refractivity contribution in [1.29, 1.82) is 0 Å². The van der Waals surface area contributed by atoms with E-state index in [1.807, 2.05) is 121 Å². The van der Waals surface area contributed by atoms with E-state index in [-0.39, 0.29) is 16.9 Å². The molecule has 5 aromatic carbocycles. The highest BCUT2D eigenvalue weighted by atomic mass is 32.2. The first kappa shape index (κ1) is 28.5. The number of carbonyl (C=O) groups excluding carboxylic acids is 2. The zero-order chi connectivity index (χ0) is 29.3. The third-order valence-corrected chi connectivity index (χ3v) is 6.78. The van der Waals surface area contributed by atoms with Crippen LogP contribution in [0.1, 0.15) is 55.2 Å². The Hall–Kier alpha value is -5.05. The Morgan fingerprint density at radius 3 is 1.24 bits per heavy atom. The molecule has 0 fully saturated rings. The summed E-state index contributed by atoms with van der Waals surface area (Å²) in [7, 11) is 0. The van der Waals surface area contributed by atoms with E-state index in [0.29, 0.717) is 11.1 Å². The van der Waals surface area contributed by atoms with Crippen molar-refractivity contribution in [3.63, 3.8) is 0 Å². The summed E-state index contributed by atoms with van der Waals surface area (Å²) >= 11 is -2.90. The van der Waals surface area contributed by atoms with E-state index in [1.54, 1.807) is 0 Å². The van der Waals surface area contributed by atoms with Crippen molar-refractivity contribution < 1.29 is 32.0 Å². The number of hydrogen-bond donors (Lipinski definition) is 0. The van der Waals surface area contributed by atoms with Crippen LogP contribution < -0.4 is 4.18 Å². The molecule has 8 heteroatoms. The van der Waals surface area contributed by atoms with Gasteiger partial charge in [0.05, 0.1) is 11.1 Å². The molecular weight excluding hydrogens is 552 g/mol. The Balaban J connectivity index is 1.52. The molecule has 0 aliphatic rings. The smallest absolute Gasteiger partial charge is 0.340 e. The molecule has 5 rings (SSSR count). The lowest BCUT2D eigenvalue weighted by molar-refractivity contribution is 0.0329. The maximum absolute atomic E-state index is 13.8. The molecule has 1 unspecified atom stereocenters. The third-order valence-electron chi connectivity index (χ3n) is 6.45. The molecule has 210 valence electrons. The fraction of sp³-hybridized carbons (Fsp3) is 0.0588. The molecule has 7 nitrogen and oxygen atoms in total. The number of hydrogen-bond acceptors (Lipinski definition) is 7. The predicted octanol–water partition coefficient (Wildman–Crippen LogP) is 6.75. The molecule has 0 aliphatic carbocycles. The van der Waals surface area contributed by atoms with E-state index >= 15 is 0 Å². The lowest BCUT2D eigenvalue weighted by Crippen LogP contribution is -2.19. The van der Waals surface area contributed by atoms with Crippen molar-refractivity contribution in [2.75, 3.05) is 0 Å². The van der Waals surface area contributed by atoms with Crippen LogP contribution in [0.5, 0.6) is 5.75 Å². The molecule has 0 radical (unpaired) electrons. The van der Waals surface area contributed by atoms with E-state index in [9.17, 15) is 18.4 Å². The molecule has 0 saturated carbocycles. The van der Waals surface area contributed by atoms with Gasteiger partial charge in [0.15, 0.2) is 12.2 Å². The monoisotopic (exact) mass is 577 g/mol. The molecule has 0 saturated heterocycles. The summed E-state index contributed by atoms with van der Waals surface area (Å²) in [5, 5.41) is 0. The number of esters is 2. The summed E-state index contributed by atoms with van der Waals surface area (Å²) in [6.07, 6.45) is -1.57. The van der Waals surface area contributed by atoms with E-state index in [1.165, 1.54) is 12.1 Å². The number of ether oxygens (including phenoxy) is 2. The SMILES string of the molecule is O=C(OC(c1ccccc1)c1ccccc1)c1ccc(OS(=O)[O-])cc1C(=O)OC(c1ccccc1)c1ccccc1. The van der Waals surface area contributed by atoms with Crippen molar-refractivity contribution >= 4 is 23.3 Å². The van der Waals surface area contributed by atoms with Crippen LogP contribution in [0.3, 0.4) is 0 Å². The second-order valence-corrected chi connectivity index (χ2v) is 9.78. The Labute approximate surface area is 245 Å². The molecule has 42 heavy (non-hydrogen) atoms. The highest BCUT2D eigenvalue weighted by molar-refractivity contribution is 7.74. The maximum Gasteiger partial charge on any atom is 0.340 e. The van der Waals surface area contributed by atoms with Crippen LogP contribution in [-0.2, 0) is 20.8 Å². The van der Waals surface area contributed by atoms with Gasteiger partial charge in [-0.05, 0) is 40.5 Å². The van der Waals surface area contributed by atoms with E-state index < -0.39 is 35.5 Å². The summed E-state index contributed by atoms with van der Waals surface area (Å²) in [6.45, 7) is 0. The van der Waals surface area contributed by atoms with Crippen molar-refractivity contribution in [3.05, 3.63) is 173 Å². The van der Waals surface area contributed by atoms with E-state index in [0.717, 1.165) is 17.2 Å². The normalized spacial score (nSPS) is 11.6. The summed E-state index contributed by atoms with van der Waals surface area (Å²) in [4.78, 5) is 27.4. The second kappa shape index (κ2) is 13.5. The van der Waals surface area contributed by atoms with Crippen molar-refractivity contribution in [3.8, 4) is 5.75 Å². The Bertz CT molecular complexity index is 1580. The van der Waals surface area contributed by atoms with Gasteiger partial charge in [-0.25, -0.2) is 13.8 Å². The molecule has 5 aromatic rings. The minimum Gasteiger partial charge on any atom is -0.740 e. The quantitative estimate of drug-likeness (QED) is 0.134. The molecule has 1 atom stereocenters. The summed E-state index contributed by atoms with van der Waals surface area (Å²) < 4.78 is 39.2. The first-order valence-electron chi connectivity index (χ1n) is 13.0. The topological polar surface area (TPSA) is 102 Å². The first-order chi connectivity index (χ1) is 20.5. The van der Waals surface area contributed by atoms with Gasteiger partial charge in [0.1, 0.15) is 17.1 Å². The maximum atomic E-state index is 13.8. The first-order valence-corrected chi connectivity index (χ1v) is 14.0. The molecule has 0 heterocycles. The van der Waals surface area contributed by atoms with Crippen LogP contribution in [0.4, 0.5) is 0 Å². The van der Waals surface area contributed by atoms with Crippen LogP contribution in [0, 0.1) is 0 Å². The number of rotatable bonds is 10. The van der Waals surface area contributed by atoms with Gasteiger partial charge in [-0.15, -0.1) is 0 Å². The van der Waals surface area contributed by atoms with Gasteiger partial charge in [0, 0.05) is 0 Å². The van der Waals surface area contributed by atoms with Gasteiger partial charge in [-0.3, -0.25) is 0 Å². The lowest BCUT2D eigenvalue weighted by Gasteiger charge is -2.22. The average Bonchev–Trinajstić information content (AvgIpc) is 3.03. The van der Waals surface area contributed by atoms with Crippen LogP contribution in [0.2, 0.25) is 0 Å². The van der Waals surface area contributed by atoms with Crippen molar-refractivity contribution in [1.82, 2.24) is 0 Å². The van der Waals surface area contributed by atoms with E-state index in [4.69, 9.17) is 13.7 Å². The Morgan fingerprint density at radius 1 is 0.524 bits per heavy atom. The lowest BCUT2D eigenvalue weighted by atomic mass is 10.0. The predicted molar refractivity (Wildman–Crippen MR) is 156 cm³/mol. The van der Waals surface area contributed by atoms with Gasteiger partial charge < -0.3 is 18.2 Å². The second-order valence-electron chi connectivity index (χ2n) is 9.21. The van der Waals surface area contributed by atoms with Crippen LogP contribution in [-0.4, -0.2) is 20.7 Å². The zero-order valence-corrected chi connectivity index (χ0v) is 23.0. The fourth-order valence-corrected chi connectivity index (χ4v) is 4.77. The zero-order valence-electron chi connectivity index (χ0n) is 22.2. The third kappa shape index (κ3) is 6.98. The van der Waals surface area contributed by atoms with Crippen molar-refractivity contribution in [2.45, 2.75) is 12.2 Å². The van der Waals surface area contributed by atoms with Gasteiger partial charge in [-0.2, -0.15) is 0 Å². The molecule has 0 spiro atoms. The number of benzene rings is 5. The fourth-order valence-electron chi connectivity index (χ4n) is 4.51. The standard InChI is InChI=1S/C34H26O7S/c35-33(39-31(24-13-5-1-6-14-24)25-15-7-2-8-16-25)29-22-21-28(41-42(37)38)23-30(29)34(36)40-32(26-17-9-3-10-18-26)27-19-11-4-12-20-27/h1-23,31-32H,(H,37,38)/p-1. The van der Waals surface area contributed by atoms with Gasteiger partial charge in [0.25, 0.3) is 0 Å². The van der Waals surface area contributed by atoms with Gasteiger partial charge in [-0.1, -0.05) is 121 Å². The highest BCUT2D eigenvalue weighted by Crippen LogP contribution is 2.31. The van der Waals surface area contributed by atoms with Crippen LogP contribution >= 0.6 is 0 Å². The minimum absolute atomic E-state index is 0.110. The van der Waals surface area contributed by atoms with Crippen LogP contribution in [0.25, 0.3) is 0 Å². The summed E-state index contributed by atoms with van der Waals surface area (Å²) in [5.74, 6) is -1.83. The molecule has 0 amide bonds. The molecule has 0 aliphatic heterocycles. The number of carbonyl (C=O) groups is 2. The largest absolute Gasteiger partial charge is 0.740 e. The van der Waals surface area contributed by atoms with Gasteiger partial charge >= 0.3 is 11.9 Å². The Morgan fingerprint density at radius 2 is 0.881 bits per heavy atom. The Kier molecular flexibility index (Phi) is 9.18. The van der Waals surface area contributed by atoms with E-state index in [2.05, 4.69) is 0 Å². The van der Waals surface area contributed by atoms with Crippen LogP contribution in [0.15, 0.2) is 140 Å². The molecule has 0 N–H and O–H groups in total. The minimum atomic E-state index is -2.90. The van der Waals surface area contributed by atoms with Gasteiger partial charge in [0.2, 0.25) is 0 Å². The molecule has 0 bridgehead atoms. The summed E-state index contributed by atoms with van der Waals surface area (Å²) in [5.41, 5.74) is 2.57. The summed E-state index contributed by atoms with van der Waals surface area (Å²) in [6, 6.07) is 40.4. The highest BCUT2D eigenvalue weighted by Gasteiger charge is 2.28. The molecular formula is C34H25O7S-. The molecule has 0 aromatic heterocycles. The average molecular weight is 578 g/mol. The van der Waals surface area contributed by atoms with Crippen molar-refractivity contribution in [2.24, 2.45) is 0 Å².